The first-order valence-electron chi connectivity index (χ1n) is 6.16. The number of rotatable bonds is 3. The van der Waals surface area contributed by atoms with Gasteiger partial charge in [0, 0.05) is 6.26 Å². The number of hydrogen-bond acceptors (Lipinski definition) is 5. The molecule has 6 nitrogen and oxygen atoms in total. The standard InChI is InChI=1S/C11H19N3O3S/c1-8(15)11-7-14(13-12-11)9-4-3-5-10(6-9)18(2,16)17/h7-10,15H,3-6H2,1-2H3. The Morgan fingerprint density at radius 1 is 1.50 bits per heavy atom. The smallest absolute Gasteiger partial charge is 0.150 e. The molecule has 0 spiro atoms. The van der Waals surface area contributed by atoms with E-state index in [1.807, 2.05) is 0 Å². The highest BCUT2D eigenvalue weighted by Crippen LogP contribution is 2.31. The molecular formula is C11H19N3O3S. The second kappa shape index (κ2) is 4.97. The first-order valence-corrected chi connectivity index (χ1v) is 8.12. The fraction of sp³-hybridized carbons (Fsp3) is 0.818. The number of sulfone groups is 1. The molecule has 0 radical (unpaired) electrons. The summed E-state index contributed by atoms with van der Waals surface area (Å²) in [5.41, 5.74) is 0.525. The average Bonchev–Trinajstić information content (AvgIpc) is 2.77. The van der Waals surface area contributed by atoms with Gasteiger partial charge in [-0.25, -0.2) is 13.1 Å². The lowest BCUT2D eigenvalue weighted by molar-refractivity contribution is 0.194. The van der Waals surface area contributed by atoms with Crippen molar-refractivity contribution in [3.63, 3.8) is 0 Å². The van der Waals surface area contributed by atoms with Crippen molar-refractivity contribution < 1.29 is 13.5 Å². The van der Waals surface area contributed by atoms with Crippen molar-refractivity contribution in [1.82, 2.24) is 15.0 Å². The second-order valence-corrected chi connectivity index (χ2v) is 7.40. The molecule has 0 saturated heterocycles. The fourth-order valence-corrected chi connectivity index (χ4v) is 3.58. The Hall–Kier alpha value is -0.950. The van der Waals surface area contributed by atoms with Gasteiger partial charge >= 0.3 is 0 Å². The van der Waals surface area contributed by atoms with E-state index in [1.165, 1.54) is 6.26 Å². The maximum atomic E-state index is 11.6. The van der Waals surface area contributed by atoms with Gasteiger partial charge in [-0.2, -0.15) is 0 Å². The van der Waals surface area contributed by atoms with Crippen molar-refractivity contribution in [2.45, 2.75) is 50.0 Å². The molecule has 0 bridgehead atoms. The van der Waals surface area contributed by atoms with Crippen molar-refractivity contribution in [1.29, 1.82) is 0 Å². The van der Waals surface area contributed by atoms with Crippen molar-refractivity contribution in [3.8, 4) is 0 Å². The lowest BCUT2D eigenvalue weighted by atomic mass is 9.95. The van der Waals surface area contributed by atoms with Crippen LogP contribution < -0.4 is 0 Å². The van der Waals surface area contributed by atoms with Crippen molar-refractivity contribution in [2.24, 2.45) is 0 Å². The monoisotopic (exact) mass is 273 g/mol. The van der Waals surface area contributed by atoms with Crippen molar-refractivity contribution in [3.05, 3.63) is 11.9 Å². The molecule has 1 aliphatic rings. The van der Waals surface area contributed by atoms with Crippen LogP contribution in [0.1, 0.15) is 50.4 Å². The van der Waals surface area contributed by atoms with Gasteiger partial charge in [0.15, 0.2) is 0 Å². The summed E-state index contributed by atoms with van der Waals surface area (Å²) < 4.78 is 24.9. The van der Waals surface area contributed by atoms with E-state index in [-0.39, 0.29) is 11.3 Å². The van der Waals surface area contributed by atoms with Crippen LogP contribution in [-0.4, -0.2) is 40.0 Å². The molecule has 0 aromatic carbocycles. The fourth-order valence-electron chi connectivity index (χ4n) is 2.41. The Bertz CT molecular complexity index is 509. The van der Waals surface area contributed by atoms with E-state index < -0.39 is 15.9 Å². The number of aromatic nitrogens is 3. The summed E-state index contributed by atoms with van der Waals surface area (Å²) >= 11 is 0. The van der Waals surface area contributed by atoms with Gasteiger partial charge in [0.25, 0.3) is 0 Å². The van der Waals surface area contributed by atoms with Crippen LogP contribution in [0.4, 0.5) is 0 Å². The molecule has 3 unspecified atom stereocenters. The lowest BCUT2D eigenvalue weighted by Crippen LogP contribution is -2.29. The topological polar surface area (TPSA) is 85.1 Å². The lowest BCUT2D eigenvalue weighted by Gasteiger charge is -2.27. The highest BCUT2D eigenvalue weighted by Gasteiger charge is 2.30. The van der Waals surface area contributed by atoms with Gasteiger partial charge in [-0.1, -0.05) is 11.6 Å². The van der Waals surface area contributed by atoms with Gasteiger partial charge in [-0.15, -0.1) is 5.10 Å². The Morgan fingerprint density at radius 3 is 2.78 bits per heavy atom. The van der Waals surface area contributed by atoms with E-state index in [1.54, 1.807) is 17.8 Å². The molecule has 1 saturated carbocycles. The quantitative estimate of drug-likeness (QED) is 0.883. The summed E-state index contributed by atoms with van der Waals surface area (Å²) in [6.45, 7) is 1.63. The minimum Gasteiger partial charge on any atom is -0.387 e. The molecule has 18 heavy (non-hydrogen) atoms. The second-order valence-electron chi connectivity index (χ2n) is 5.07. The first kappa shape index (κ1) is 13.5. The molecule has 102 valence electrons. The average molecular weight is 273 g/mol. The van der Waals surface area contributed by atoms with Crippen LogP contribution in [0.2, 0.25) is 0 Å². The number of hydrogen-bond donors (Lipinski definition) is 1. The summed E-state index contributed by atoms with van der Waals surface area (Å²) in [6, 6.07) is 0.0680. The van der Waals surface area contributed by atoms with Crippen molar-refractivity contribution in [2.75, 3.05) is 6.26 Å². The third-order valence-corrected chi connectivity index (χ3v) is 5.17. The molecule has 1 aromatic rings. The first-order chi connectivity index (χ1) is 8.38. The molecule has 0 amide bonds. The van der Waals surface area contributed by atoms with E-state index >= 15 is 0 Å². The summed E-state index contributed by atoms with van der Waals surface area (Å²) in [5.74, 6) is 0. The highest BCUT2D eigenvalue weighted by atomic mass is 32.2. The Kier molecular flexibility index (Phi) is 3.72. The Balaban J connectivity index is 2.13. The Labute approximate surface area is 107 Å². The van der Waals surface area contributed by atoms with Crippen LogP contribution in [0.15, 0.2) is 6.20 Å². The number of nitrogens with zero attached hydrogens (tertiary/aromatic N) is 3. The van der Waals surface area contributed by atoms with Crippen molar-refractivity contribution >= 4 is 9.84 Å². The molecule has 1 aromatic heterocycles. The largest absolute Gasteiger partial charge is 0.387 e. The molecule has 0 aliphatic heterocycles. The van der Waals surface area contributed by atoms with Gasteiger partial charge < -0.3 is 5.11 Å². The van der Waals surface area contributed by atoms with Crippen LogP contribution >= 0.6 is 0 Å². The maximum Gasteiger partial charge on any atom is 0.150 e. The zero-order chi connectivity index (χ0) is 13.3. The van der Waals surface area contributed by atoms with E-state index in [0.29, 0.717) is 12.1 Å². The van der Waals surface area contributed by atoms with E-state index in [2.05, 4.69) is 10.3 Å². The predicted octanol–water partition coefficient (Wildman–Crippen LogP) is 0.860. The predicted molar refractivity (Wildman–Crippen MR) is 66.8 cm³/mol. The minimum absolute atomic E-state index is 0.0680. The molecule has 2 rings (SSSR count). The minimum atomic E-state index is -2.99. The third kappa shape index (κ3) is 2.89. The number of aliphatic hydroxyl groups is 1. The molecule has 1 N–H and O–H groups in total. The summed E-state index contributed by atoms with van der Waals surface area (Å²) in [7, 11) is -2.99. The van der Waals surface area contributed by atoms with Gasteiger partial charge in [-0.3, -0.25) is 0 Å². The van der Waals surface area contributed by atoms with E-state index in [0.717, 1.165) is 19.3 Å². The summed E-state index contributed by atoms with van der Waals surface area (Å²) in [5, 5.41) is 17.0. The van der Waals surface area contributed by atoms with Gasteiger partial charge in [-0.05, 0) is 26.2 Å². The summed E-state index contributed by atoms with van der Waals surface area (Å²) in [6.07, 6.45) is 5.46. The Morgan fingerprint density at radius 2 is 2.22 bits per heavy atom. The highest BCUT2D eigenvalue weighted by molar-refractivity contribution is 7.91. The molecular weight excluding hydrogens is 254 g/mol. The number of aliphatic hydroxyl groups excluding tert-OH is 1. The zero-order valence-corrected chi connectivity index (χ0v) is 11.5. The molecule has 1 aliphatic carbocycles. The SMILES string of the molecule is CC(O)c1cn(C2CCCC(S(C)(=O)=O)C2)nn1. The summed E-state index contributed by atoms with van der Waals surface area (Å²) in [4.78, 5) is 0. The van der Waals surface area contributed by atoms with E-state index in [9.17, 15) is 13.5 Å². The third-order valence-electron chi connectivity index (χ3n) is 3.53. The maximum absolute atomic E-state index is 11.6. The molecule has 7 heteroatoms. The van der Waals surface area contributed by atoms with Crippen LogP contribution in [-0.2, 0) is 9.84 Å². The molecule has 1 fully saturated rings. The van der Waals surface area contributed by atoms with Crippen LogP contribution in [0.5, 0.6) is 0 Å². The van der Waals surface area contributed by atoms with Crippen LogP contribution in [0.25, 0.3) is 0 Å². The normalized spacial score (nSPS) is 27.1. The van der Waals surface area contributed by atoms with Crippen LogP contribution in [0.3, 0.4) is 0 Å². The van der Waals surface area contributed by atoms with E-state index in [4.69, 9.17) is 0 Å². The molecule has 1 heterocycles. The zero-order valence-electron chi connectivity index (χ0n) is 10.7. The van der Waals surface area contributed by atoms with Gasteiger partial charge in [0.1, 0.15) is 15.5 Å². The molecule has 3 atom stereocenters. The van der Waals surface area contributed by atoms with Crippen LogP contribution in [0, 0.1) is 0 Å². The van der Waals surface area contributed by atoms with Gasteiger partial charge in [0.05, 0.1) is 23.6 Å². The van der Waals surface area contributed by atoms with Gasteiger partial charge in [0.2, 0.25) is 0 Å².